The van der Waals surface area contributed by atoms with Crippen molar-refractivity contribution >= 4 is 23.0 Å². The number of likely N-dealkylation sites (tertiary alicyclic amines) is 1. The lowest BCUT2D eigenvalue weighted by Crippen LogP contribution is -2.36. The van der Waals surface area contributed by atoms with Crippen LogP contribution >= 0.6 is 0 Å². The van der Waals surface area contributed by atoms with E-state index in [2.05, 4.69) is 32.1 Å². The molecule has 0 bridgehead atoms. The summed E-state index contributed by atoms with van der Waals surface area (Å²) in [6, 6.07) is 8.07. The lowest BCUT2D eigenvalue weighted by molar-refractivity contribution is -0.131. The molecule has 1 aliphatic rings. The number of H-pyrrole nitrogens is 1. The van der Waals surface area contributed by atoms with Gasteiger partial charge in [0.05, 0.1) is 6.61 Å². The van der Waals surface area contributed by atoms with E-state index in [0.717, 1.165) is 44.2 Å². The average molecular weight is 554 g/mol. The molecular formula is C29H43N7O4. The Bertz CT molecular complexity index is 1280. The van der Waals surface area contributed by atoms with Crippen LogP contribution in [0.25, 0.3) is 11.2 Å². The molecule has 1 aromatic carbocycles. The molecule has 218 valence electrons. The monoisotopic (exact) mass is 553 g/mol. The molecule has 40 heavy (non-hydrogen) atoms. The van der Waals surface area contributed by atoms with E-state index in [4.69, 9.17) is 15.2 Å². The second-order valence-electron chi connectivity index (χ2n) is 10.5. The van der Waals surface area contributed by atoms with Gasteiger partial charge in [-0.3, -0.25) is 9.36 Å². The van der Waals surface area contributed by atoms with Crippen LogP contribution in [0.1, 0.15) is 70.8 Å². The first-order chi connectivity index (χ1) is 19.4. The number of carbonyl (C=O) groups excluding carboxylic acids is 1. The Morgan fingerprint density at radius 3 is 2.60 bits per heavy atom. The summed E-state index contributed by atoms with van der Waals surface area (Å²) in [5.41, 5.74) is 7.91. The van der Waals surface area contributed by atoms with Gasteiger partial charge in [-0.2, -0.15) is 9.97 Å². The third-order valence-corrected chi connectivity index (χ3v) is 7.32. The second-order valence-corrected chi connectivity index (χ2v) is 10.5. The number of nitrogens with two attached hydrogens (primary N) is 1. The predicted molar refractivity (Wildman–Crippen MR) is 155 cm³/mol. The normalized spacial score (nSPS) is 14.8. The first kappa shape index (κ1) is 29.5. The van der Waals surface area contributed by atoms with Gasteiger partial charge in [0, 0.05) is 26.1 Å². The molecule has 4 rings (SSSR count). The van der Waals surface area contributed by atoms with Gasteiger partial charge < -0.3 is 30.4 Å². The molecule has 0 spiro atoms. The summed E-state index contributed by atoms with van der Waals surface area (Å²) in [6.45, 7) is 8.60. The molecule has 4 N–H and O–H groups in total. The van der Waals surface area contributed by atoms with E-state index in [0.29, 0.717) is 36.6 Å². The van der Waals surface area contributed by atoms with Crippen molar-refractivity contribution in [3.63, 3.8) is 0 Å². The molecule has 0 saturated carbocycles. The minimum atomic E-state index is -0.327. The highest BCUT2D eigenvalue weighted by molar-refractivity contribution is 5.81. The van der Waals surface area contributed by atoms with Crippen LogP contribution in [0.4, 0.5) is 5.82 Å². The van der Waals surface area contributed by atoms with Crippen molar-refractivity contribution in [3.05, 3.63) is 40.3 Å². The van der Waals surface area contributed by atoms with Crippen molar-refractivity contribution in [1.29, 1.82) is 0 Å². The van der Waals surface area contributed by atoms with E-state index in [9.17, 15) is 9.59 Å². The number of aromatic nitrogens is 4. The van der Waals surface area contributed by atoms with Crippen molar-refractivity contribution in [2.45, 2.75) is 84.3 Å². The van der Waals surface area contributed by atoms with Gasteiger partial charge in [0.1, 0.15) is 11.3 Å². The van der Waals surface area contributed by atoms with Crippen molar-refractivity contribution < 1.29 is 14.3 Å². The number of unbranched alkanes of at least 4 members (excludes halogenated alkanes) is 1. The Morgan fingerprint density at radius 2 is 1.88 bits per heavy atom. The molecule has 0 amide bonds. The SMILES string of the molecule is CCCCOc1nc(N)c2[nH]c(=O)n(CCCC(CCN3CCCCC3)NCc3ccc(OC(C)=O)cc3)c2n1. The Balaban J connectivity index is 1.39. The molecule has 1 atom stereocenters. The minimum absolute atomic E-state index is 0.201. The standard InChI is InChI=1S/C29H43N7O4/c1-3-4-19-39-28-33-26(30)25-27(34-28)36(29(38)32-25)17-8-9-23(14-18-35-15-6-5-7-16-35)31-20-22-10-12-24(13-11-22)40-21(2)37/h10-13,23,31H,3-9,14-20H2,1-2H3,(H,32,38)(H2,30,33,34). The number of rotatable bonds is 15. The highest BCUT2D eigenvalue weighted by atomic mass is 16.5. The summed E-state index contributed by atoms with van der Waals surface area (Å²) >= 11 is 0. The van der Waals surface area contributed by atoms with Gasteiger partial charge >= 0.3 is 17.7 Å². The fourth-order valence-electron chi connectivity index (χ4n) is 5.08. The van der Waals surface area contributed by atoms with Crippen molar-refractivity contribution in [3.8, 4) is 11.8 Å². The maximum atomic E-state index is 12.8. The third kappa shape index (κ3) is 8.53. The van der Waals surface area contributed by atoms with Crippen LogP contribution in [-0.2, 0) is 17.9 Å². The lowest BCUT2D eigenvalue weighted by Gasteiger charge is -2.28. The van der Waals surface area contributed by atoms with E-state index in [1.807, 2.05) is 24.3 Å². The summed E-state index contributed by atoms with van der Waals surface area (Å²) in [4.78, 5) is 38.0. The number of piperidine rings is 1. The number of hydrogen-bond acceptors (Lipinski definition) is 9. The lowest BCUT2D eigenvalue weighted by atomic mass is 10.0. The number of ether oxygens (including phenoxy) is 2. The zero-order valence-corrected chi connectivity index (χ0v) is 23.8. The Morgan fingerprint density at radius 1 is 1.10 bits per heavy atom. The van der Waals surface area contributed by atoms with Crippen molar-refractivity contribution in [2.24, 2.45) is 0 Å². The van der Waals surface area contributed by atoms with Crippen LogP contribution in [-0.4, -0.2) is 62.7 Å². The number of benzene rings is 1. The quantitative estimate of drug-likeness (QED) is 0.146. The molecule has 2 aromatic heterocycles. The van der Waals surface area contributed by atoms with Gasteiger partial charge in [0.15, 0.2) is 11.5 Å². The number of aromatic amines is 1. The molecule has 11 heteroatoms. The van der Waals surface area contributed by atoms with Gasteiger partial charge in [-0.1, -0.05) is 31.9 Å². The first-order valence-corrected chi connectivity index (χ1v) is 14.5. The fourth-order valence-corrected chi connectivity index (χ4v) is 5.08. The van der Waals surface area contributed by atoms with Crippen molar-refractivity contribution in [2.75, 3.05) is 32.0 Å². The molecule has 3 aromatic rings. The zero-order valence-electron chi connectivity index (χ0n) is 23.8. The number of imidazole rings is 1. The average Bonchev–Trinajstić information content (AvgIpc) is 3.26. The van der Waals surface area contributed by atoms with Crippen LogP contribution in [0.15, 0.2) is 29.1 Å². The summed E-state index contributed by atoms with van der Waals surface area (Å²) in [5.74, 6) is 0.436. The number of nitrogens with zero attached hydrogens (tertiary/aromatic N) is 4. The van der Waals surface area contributed by atoms with Crippen molar-refractivity contribution in [1.82, 2.24) is 29.7 Å². The molecule has 0 radical (unpaired) electrons. The Kier molecular flexibility index (Phi) is 10.9. The molecule has 1 unspecified atom stereocenters. The number of hydrogen-bond donors (Lipinski definition) is 3. The number of nitrogen functional groups attached to an aromatic ring is 1. The molecule has 1 aliphatic heterocycles. The fraction of sp³-hybridized carbons (Fsp3) is 0.586. The van der Waals surface area contributed by atoms with Crippen LogP contribution in [0.3, 0.4) is 0 Å². The number of esters is 1. The van der Waals surface area contributed by atoms with Crippen LogP contribution in [0.5, 0.6) is 11.8 Å². The molecule has 1 fully saturated rings. The molecule has 11 nitrogen and oxygen atoms in total. The minimum Gasteiger partial charge on any atom is -0.463 e. The number of anilines is 1. The molecule has 3 heterocycles. The van der Waals surface area contributed by atoms with Crippen LogP contribution in [0, 0.1) is 0 Å². The summed E-state index contributed by atoms with van der Waals surface area (Å²) in [7, 11) is 0. The maximum Gasteiger partial charge on any atom is 0.327 e. The van der Waals surface area contributed by atoms with Gasteiger partial charge in [-0.15, -0.1) is 0 Å². The van der Waals surface area contributed by atoms with Crippen LogP contribution < -0.4 is 26.2 Å². The predicted octanol–water partition coefficient (Wildman–Crippen LogP) is 3.62. The number of nitrogens with one attached hydrogen (secondary N) is 2. The summed E-state index contributed by atoms with van der Waals surface area (Å²) in [6.07, 6.45) is 8.48. The maximum absolute atomic E-state index is 12.8. The Labute approximate surface area is 235 Å². The largest absolute Gasteiger partial charge is 0.463 e. The highest BCUT2D eigenvalue weighted by Crippen LogP contribution is 2.19. The number of aryl methyl sites for hydroxylation is 1. The van der Waals surface area contributed by atoms with E-state index < -0.39 is 0 Å². The van der Waals surface area contributed by atoms with Gasteiger partial charge in [0.25, 0.3) is 0 Å². The smallest absolute Gasteiger partial charge is 0.327 e. The molecule has 0 aliphatic carbocycles. The molecular weight excluding hydrogens is 510 g/mol. The van der Waals surface area contributed by atoms with Gasteiger partial charge in [-0.25, -0.2) is 4.79 Å². The third-order valence-electron chi connectivity index (χ3n) is 7.32. The van der Waals surface area contributed by atoms with E-state index >= 15 is 0 Å². The highest BCUT2D eigenvalue weighted by Gasteiger charge is 2.17. The zero-order chi connectivity index (χ0) is 28.3. The second kappa shape index (κ2) is 14.8. The van der Waals surface area contributed by atoms with E-state index in [-0.39, 0.29) is 29.5 Å². The first-order valence-electron chi connectivity index (χ1n) is 14.5. The summed E-state index contributed by atoms with van der Waals surface area (Å²) in [5, 5.41) is 3.72. The van der Waals surface area contributed by atoms with Gasteiger partial charge in [0.2, 0.25) is 0 Å². The Hall–Kier alpha value is -3.44. The van der Waals surface area contributed by atoms with Gasteiger partial charge in [-0.05, 0) is 75.9 Å². The molecule has 1 saturated heterocycles. The summed E-state index contributed by atoms with van der Waals surface area (Å²) < 4.78 is 12.4. The van der Waals surface area contributed by atoms with Crippen LogP contribution in [0.2, 0.25) is 0 Å². The van der Waals surface area contributed by atoms with E-state index in [1.165, 1.54) is 39.3 Å². The number of carbonyl (C=O) groups is 1. The topological polar surface area (TPSA) is 140 Å². The van der Waals surface area contributed by atoms with E-state index in [1.54, 1.807) is 4.57 Å². The number of fused-ring (bicyclic) bond motifs is 1.